The van der Waals surface area contributed by atoms with Crippen LogP contribution in [0.1, 0.15) is 26.2 Å². The molecule has 2 nitrogen and oxygen atoms in total. The first-order valence-electron chi connectivity index (χ1n) is 5.09. The molecule has 0 aliphatic carbocycles. The molecule has 2 heteroatoms. The third-order valence-electron chi connectivity index (χ3n) is 2.80. The molecule has 0 amide bonds. The van der Waals surface area contributed by atoms with E-state index in [1.54, 1.807) is 0 Å². The SMILES string of the molecule is CCN(C)CCC1CCOCC1. The van der Waals surface area contributed by atoms with Crippen molar-refractivity contribution >= 4 is 0 Å². The summed E-state index contributed by atoms with van der Waals surface area (Å²) in [4.78, 5) is 2.38. The van der Waals surface area contributed by atoms with E-state index < -0.39 is 0 Å². The molecule has 0 aromatic rings. The largest absolute Gasteiger partial charge is 0.381 e. The Balaban J connectivity index is 2.05. The molecule has 0 aromatic heterocycles. The molecule has 0 unspecified atom stereocenters. The summed E-state index contributed by atoms with van der Waals surface area (Å²) in [5.41, 5.74) is 0. The third kappa shape index (κ3) is 3.55. The summed E-state index contributed by atoms with van der Waals surface area (Å²) < 4.78 is 5.32. The molecule has 12 heavy (non-hydrogen) atoms. The Hall–Kier alpha value is -0.0800. The van der Waals surface area contributed by atoms with Crippen LogP contribution in [0.2, 0.25) is 0 Å². The van der Waals surface area contributed by atoms with Crippen molar-refractivity contribution in [2.45, 2.75) is 26.2 Å². The van der Waals surface area contributed by atoms with Crippen LogP contribution < -0.4 is 0 Å². The van der Waals surface area contributed by atoms with Gasteiger partial charge in [0.1, 0.15) is 0 Å². The van der Waals surface area contributed by atoms with Gasteiger partial charge in [0.15, 0.2) is 0 Å². The van der Waals surface area contributed by atoms with Gasteiger partial charge < -0.3 is 9.64 Å². The number of rotatable bonds is 4. The molecule has 1 saturated heterocycles. The van der Waals surface area contributed by atoms with Crippen LogP contribution >= 0.6 is 0 Å². The summed E-state index contributed by atoms with van der Waals surface area (Å²) in [5, 5.41) is 0. The highest BCUT2D eigenvalue weighted by Crippen LogP contribution is 2.18. The first kappa shape index (κ1) is 10.0. The van der Waals surface area contributed by atoms with Crippen LogP contribution in [0.15, 0.2) is 0 Å². The zero-order valence-corrected chi connectivity index (χ0v) is 8.38. The fourth-order valence-electron chi connectivity index (χ4n) is 1.60. The summed E-state index contributed by atoms with van der Waals surface area (Å²) in [6.07, 6.45) is 3.91. The molecular weight excluding hydrogens is 150 g/mol. The van der Waals surface area contributed by atoms with Gasteiger partial charge in [-0.2, -0.15) is 0 Å². The molecular formula is C10H21NO. The van der Waals surface area contributed by atoms with Gasteiger partial charge in [-0.1, -0.05) is 6.92 Å². The zero-order valence-electron chi connectivity index (χ0n) is 8.38. The lowest BCUT2D eigenvalue weighted by Crippen LogP contribution is -2.24. The van der Waals surface area contributed by atoms with Gasteiger partial charge in [-0.25, -0.2) is 0 Å². The molecule has 72 valence electrons. The van der Waals surface area contributed by atoms with Gasteiger partial charge in [0, 0.05) is 13.2 Å². The van der Waals surface area contributed by atoms with Crippen molar-refractivity contribution in [2.24, 2.45) is 5.92 Å². The topological polar surface area (TPSA) is 12.5 Å². The van der Waals surface area contributed by atoms with Gasteiger partial charge in [-0.3, -0.25) is 0 Å². The minimum atomic E-state index is 0.924. The average molecular weight is 171 g/mol. The van der Waals surface area contributed by atoms with E-state index in [1.807, 2.05) is 0 Å². The molecule has 1 aliphatic rings. The molecule has 0 saturated carbocycles. The fourth-order valence-corrected chi connectivity index (χ4v) is 1.60. The number of hydrogen-bond acceptors (Lipinski definition) is 2. The second kappa shape index (κ2) is 5.55. The number of nitrogens with zero attached hydrogens (tertiary/aromatic N) is 1. The van der Waals surface area contributed by atoms with Crippen LogP contribution in [0.5, 0.6) is 0 Å². The number of hydrogen-bond donors (Lipinski definition) is 0. The van der Waals surface area contributed by atoms with E-state index in [0.717, 1.165) is 19.1 Å². The second-order valence-electron chi connectivity index (χ2n) is 3.74. The van der Waals surface area contributed by atoms with Crippen molar-refractivity contribution in [2.75, 3.05) is 33.4 Å². The highest BCUT2D eigenvalue weighted by atomic mass is 16.5. The van der Waals surface area contributed by atoms with Gasteiger partial charge in [-0.15, -0.1) is 0 Å². The van der Waals surface area contributed by atoms with E-state index in [-0.39, 0.29) is 0 Å². The van der Waals surface area contributed by atoms with Crippen molar-refractivity contribution in [3.05, 3.63) is 0 Å². The minimum absolute atomic E-state index is 0.924. The standard InChI is InChI=1S/C10H21NO/c1-3-11(2)7-4-10-5-8-12-9-6-10/h10H,3-9H2,1-2H3. The molecule has 0 aromatic carbocycles. The van der Waals surface area contributed by atoms with E-state index in [2.05, 4.69) is 18.9 Å². The van der Waals surface area contributed by atoms with Crippen molar-refractivity contribution in [3.8, 4) is 0 Å². The quantitative estimate of drug-likeness (QED) is 0.639. The predicted molar refractivity (Wildman–Crippen MR) is 51.3 cm³/mol. The second-order valence-corrected chi connectivity index (χ2v) is 3.74. The third-order valence-corrected chi connectivity index (χ3v) is 2.80. The summed E-state index contributed by atoms with van der Waals surface area (Å²) in [6.45, 7) is 6.61. The maximum absolute atomic E-state index is 5.32. The van der Waals surface area contributed by atoms with Crippen molar-refractivity contribution in [1.29, 1.82) is 0 Å². The molecule has 1 heterocycles. The average Bonchev–Trinajstić information content (AvgIpc) is 2.16. The van der Waals surface area contributed by atoms with Crippen molar-refractivity contribution in [1.82, 2.24) is 4.90 Å². The Morgan fingerprint density at radius 2 is 2.00 bits per heavy atom. The molecule has 0 bridgehead atoms. The van der Waals surface area contributed by atoms with E-state index in [0.29, 0.717) is 0 Å². The van der Waals surface area contributed by atoms with E-state index >= 15 is 0 Å². The summed E-state index contributed by atoms with van der Waals surface area (Å²) in [5.74, 6) is 0.924. The number of ether oxygens (including phenoxy) is 1. The molecule has 0 radical (unpaired) electrons. The van der Waals surface area contributed by atoms with E-state index in [4.69, 9.17) is 4.74 Å². The summed E-state index contributed by atoms with van der Waals surface area (Å²) in [6, 6.07) is 0. The molecule has 0 N–H and O–H groups in total. The van der Waals surface area contributed by atoms with Crippen LogP contribution in [-0.2, 0) is 4.74 Å². The Labute approximate surface area is 75.9 Å². The molecule has 1 fully saturated rings. The van der Waals surface area contributed by atoms with Crippen molar-refractivity contribution in [3.63, 3.8) is 0 Å². The van der Waals surface area contributed by atoms with Gasteiger partial charge in [-0.05, 0) is 45.3 Å². The van der Waals surface area contributed by atoms with Crippen LogP contribution in [-0.4, -0.2) is 38.3 Å². The fraction of sp³-hybridized carbons (Fsp3) is 1.00. The lowest BCUT2D eigenvalue weighted by molar-refractivity contribution is 0.0612. The van der Waals surface area contributed by atoms with Gasteiger partial charge >= 0.3 is 0 Å². The lowest BCUT2D eigenvalue weighted by atomic mass is 9.96. The van der Waals surface area contributed by atoms with Gasteiger partial charge in [0.25, 0.3) is 0 Å². The van der Waals surface area contributed by atoms with E-state index in [1.165, 1.54) is 32.4 Å². The minimum Gasteiger partial charge on any atom is -0.381 e. The first-order chi connectivity index (χ1) is 5.83. The predicted octanol–water partition coefficient (Wildman–Crippen LogP) is 1.75. The Kier molecular flexibility index (Phi) is 4.62. The zero-order chi connectivity index (χ0) is 8.81. The monoisotopic (exact) mass is 171 g/mol. The van der Waals surface area contributed by atoms with Gasteiger partial charge in [0.05, 0.1) is 0 Å². The highest BCUT2D eigenvalue weighted by Gasteiger charge is 2.13. The van der Waals surface area contributed by atoms with Crippen LogP contribution in [0.3, 0.4) is 0 Å². The van der Waals surface area contributed by atoms with Crippen LogP contribution in [0.4, 0.5) is 0 Å². The van der Waals surface area contributed by atoms with Gasteiger partial charge in [0.2, 0.25) is 0 Å². The van der Waals surface area contributed by atoms with Crippen molar-refractivity contribution < 1.29 is 4.74 Å². The Morgan fingerprint density at radius 1 is 1.33 bits per heavy atom. The van der Waals surface area contributed by atoms with E-state index in [9.17, 15) is 0 Å². The smallest absolute Gasteiger partial charge is 0.0468 e. The first-order valence-corrected chi connectivity index (χ1v) is 5.09. The molecule has 0 spiro atoms. The highest BCUT2D eigenvalue weighted by molar-refractivity contribution is 4.64. The van der Waals surface area contributed by atoms with Crippen LogP contribution in [0.25, 0.3) is 0 Å². The Morgan fingerprint density at radius 3 is 2.58 bits per heavy atom. The van der Waals surface area contributed by atoms with Crippen LogP contribution in [0, 0.1) is 5.92 Å². The molecule has 1 aliphatic heterocycles. The molecule has 1 rings (SSSR count). The Bertz CT molecular complexity index is 110. The molecule has 0 atom stereocenters. The summed E-state index contributed by atoms with van der Waals surface area (Å²) >= 11 is 0. The normalized spacial score (nSPS) is 20.2. The maximum Gasteiger partial charge on any atom is 0.0468 e. The maximum atomic E-state index is 5.32. The summed E-state index contributed by atoms with van der Waals surface area (Å²) in [7, 11) is 2.19. The lowest BCUT2D eigenvalue weighted by Gasteiger charge is -2.24.